The largest absolute Gasteiger partial charge is 0.388 e. The van der Waals surface area contributed by atoms with Crippen molar-refractivity contribution in [3.63, 3.8) is 0 Å². The molecule has 0 fully saturated rings. The highest BCUT2D eigenvalue weighted by Gasteiger charge is 2.08. The monoisotopic (exact) mass is 223 g/mol. The molecule has 5 nitrogen and oxygen atoms in total. The van der Waals surface area contributed by atoms with Crippen LogP contribution >= 0.6 is 0 Å². The Bertz CT molecular complexity index is 355. The average molecular weight is 223 g/mol. The zero-order valence-electron chi connectivity index (χ0n) is 10.3. The van der Waals surface area contributed by atoms with Gasteiger partial charge in [0.15, 0.2) is 0 Å². The standard InChI is InChI=1S/C11H21N5/c1-4-16(6-5-11(12)13)8-10-7-9(2)14-15(10)3/h7H,4-6,8H2,1-3H3,(H3,12,13). The van der Waals surface area contributed by atoms with Crippen molar-refractivity contribution >= 4 is 5.84 Å². The van der Waals surface area contributed by atoms with Crippen LogP contribution in [0.1, 0.15) is 24.7 Å². The lowest BCUT2D eigenvalue weighted by Crippen LogP contribution is -2.28. The third-order valence-corrected chi connectivity index (χ3v) is 2.63. The van der Waals surface area contributed by atoms with Gasteiger partial charge in [0, 0.05) is 26.6 Å². The second-order valence-electron chi connectivity index (χ2n) is 4.04. The molecule has 0 saturated heterocycles. The molecule has 1 aromatic heterocycles. The van der Waals surface area contributed by atoms with Crippen LogP contribution in [0, 0.1) is 12.3 Å². The summed E-state index contributed by atoms with van der Waals surface area (Å²) in [6.45, 7) is 6.76. The summed E-state index contributed by atoms with van der Waals surface area (Å²) >= 11 is 0. The van der Waals surface area contributed by atoms with Crippen LogP contribution in [0.25, 0.3) is 0 Å². The number of nitrogens with zero attached hydrogens (tertiary/aromatic N) is 3. The molecule has 0 aliphatic carbocycles. The molecular weight excluding hydrogens is 202 g/mol. The fraction of sp³-hybridized carbons (Fsp3) is 0.636. The molecule has 1 rings (SSSR count). The molecule has 0 radical (unpaired) electrons. The van der Waals surface area contributed by atoms with E-state index in [1.807, 2.05) is 18.7 Å². The van der Waals surface area contributed by atoms with Gasteiger partial charge >= 0.3 is 0 Å². The molecular formula is C11H21N5. The van der Waals surface area contributed by atoms with Crippen LogP contribution in [0.4, 0.5) is 0 Å². The molecule has 3 N–H and O–H groups in total. The minimum atomic E-state index is 0.250. The van der Waals surface area contributed by atoms with Crippen LogP contribution in [0.5, 0.6) is 0 Å². The molecule has 0 unspecified atom stereocenters. The van der Waals surface area contributed by atoms with E-state index >= 15 is 0 Å². The van der Waals surface area contributed by atoms with E-state index < -0.39 is 0 Å². The summed E-state index contributed by atoms with van der Waals surface area (Å²) < 4.78 is 1.91. The van der Waals surface area contributed by atoms with Gasteiger partial charge in [0.05, 0.1) is 17.2 Å². The van der Waals surface area contributed by atoms with Crippen molar-refractivity contribution < 1.29 is 0 Å². The number of hydrogen-bond donors (Lipinski definition) is 2. The number of nitrogens with one attached hydrogen (secondary N) is 1. The highest BCUT2D eigenvalue weighted by atomic mass is 15.3. The van der Waals surface area contributed by atoms with Crippen LogP contribution < -0.4 is 5.73 Å². The van der Waals surface area contributed by atoms with Gasteiger partial charge in [-0.3, -0.25) is 15.0 Å². The van der Waals surface area contributed by atoms with Crippen LogP contribution in [-0.2, 0) is 13.6 Å². The second kappa shape index (κ2) is 5.65. The lowest BCUT2D eigenvalue weighted by molar-refractivity contribution is 0.280. The quantitative estimate of drug-likeness (QED) is 0.555. The highest BCUT2D eigenvalue weighted by molar-refractivity contribution is 5.76. The summed E-state index contributed by atoms with van der Waals surface area (Å²) in [7, 11) is 1.96. The van der Waals surface area contributed by atoms with Gasteiger partial charge in [0.25, 0.3) is 0 Å². The molecule has 0 spiro atoms. The third kappa shape index (κ3) is 3.66. The van der Waals surface area contributed by atoms with E-state index in [0.29, 0.717) is 6.42 Å². The van der Waals surface area contributed by atoms with Crippen LogP contribution in [0.2, 0.25) is 0 Å². The summed E-state index contributed by atoms with van der Waals surface area (Å²) in [5, 5.41) is 11.5. The summed E-state index contributed by atoms with van der Waals surface area (Å²) in [5.74, 6) is 0.250. The average Bonchev–Trinajstić information content (AvgIpc) is 2.51. The fourth-order valence-corrected chi connectivity index (χ4v) is 1.67. The van der Waals surface area contributed by atoms with E-state index in [2.05, 4.69) is 23.0 Å². The number of nitrogens with two attached hydrogens (primary N) is 1. The smallest absolute Gasteiger partial charge is 0.0918 e. The Morgan fingerprint density at radius 3 is 2.75 bits per heavy atom. The Balaban J connectivity index is 2.56. The lowest BCUT2D eigenvalue weighted by atomic mass is 10.3. The van der Waals surface area contributed by atoms with Gasteiger partial charge in [-0.2, -0.15) is 5.10 Å². The molecule has 16 heavy (non-hydrogen) atoms. The number of aromatic nitrogens is 2. The molecule has 0 aliphatic rings. The zero-order valence-corrected chi connectivity index (χ0v) is 10.3. The van der Waals surface area contributed by atoms with Crippen molar-refractivity contribution in [2.45, 2.75) is 26.8 Å². The predicted octanol–water partition coefficient (Wildman–Crippen LogP) is 0.876. The topological polar surface area (TPSA) is 70.9 Å². The molecule has 0 saturated carbocycles. The van der Waals surface area contributed by atoms with Gasteiger partial charge in [0.2, 0.25) is 0 Å². The molecule has 0 atom stereocenters. The van der Waals surface area contributed by atoms with Crippen LogP contribution in [0.15, 0.2) is 6.07 Å². The Morgan fingerprint density at radius 2 is 2.31 bits per heavy atom. The SMILES string of the molecule is CCN(CCC(=N)N)Cc1cc(C)nn1C. The number of amidine groups is 1. The number of aryl methyl sites for hydroxylation is 2. The Hall–Kier alpha value is -1.36. The van der Waals surface area contributed by atoms with Crippen LogP contribution in [-0.4, -0.2) is 33.6 Å². The summed E-state index contributed by atoms with van der Waals surface area (Å²) in [6.07, 6.45) is 0.630. The molecule has 0 aromatic carbocycles. The lowest BCUT2D eigenvalue weighted by Gasteiger charge is -2.19. The van der Waals surface area contributed by atoms with Gasteiger partial charge in [-0.05, 0) is 19.5 Å². The van der Waals surface area contributed by atoms with Crippen molar-refractivity contribution in [1.82, 2.24) is 14.7 Å². The first-order valence-corrected chi connectivity index (χ1v) is 5.57. The maximum Gasteiger partial charge on any atom is 0.0918 e. The van der Waals surface area contributed by atoms with Crippen LogP contribution in [0.3, 0.4) is 0 Å². The number of rotatable bonds is 6. The van der Waals surface area contributed by atoms with E-state index in [4.69, 9.17) is 11.1 Å². The van der Waals surface area contributed by atoms with Gasteiger partial charge in [-0.15, -0.1) is 0 Å². The Labute approximate surface area is 96.7 Å². The molecule has 0 aliphatic heterocycles. The van der Waals surface area contributed by atoms with Crippen molar-refractivity contribution in [1.29, 1.82) is 5.41 Å². The first-order valence-electron chi connectivity index (χ1n) is 5.57. The normalized spacial score (nSPS) is 11.0. The van der Waals surface area contributed by atoms with Gasteiger partial charge in [-0.1, -0.05) is 6.92 Å². The second-order valence-corrected chi connectivity index (χ2v) is 4.04. The van der Waals surface area contributed by atoms with E-state index in [-0.39, 0.29) is 5.84 Å². The Kier molecular flexibility index (Phi) is 4.49. The van der Waals surface area contributed by atoms with Crippen molar-refractivity contribution in [2.24, 2.45) is 12.8 Å². The molecule has 90 valence electrons. The maximum absolute atomic E-state index is 7.22. The van der Waals surface area contributed by atoms with E-state index in [9.17, 15) is 0 Å². The minimum absolute atomic E-state index is 0.250. The zero-order chi connectivity index (χ0) is 12.1. The highest BCUT2D eigenvalue weighted by Crippen LogP contribution is 2.06. The predicted molar refractivity (Wildman–Crippen MR) is 65.4 cm³/mol. The summed E-state index contributed by atoms with van der Waals surface area (Å²) in [6, 6.07) is 2.09. The van der Waals surface area contributed by atoms with Crippen molar-refractivity contribution in [2.75, 3.05) is 13.1 Å². The minimum Gasteiger partial charge on any atom is -0.388 e. The molecule has 0 amide bonds. The van der Waals surface area contributed by atoms with E-state index in [1.54, 1.807) is 0 Å². The van der Waals surface area contributed by atoms with E-state index in [0.717, 1.165) is 25.3 Å². The van der Waals surface area contributed by atoms with Gasteiger partial charge in [-0.25, -0.2) is 0 Å². The third-order valence-electron chi connectivity index (χ3n) is 2.63. The van der Waals surface area contributed by atoms with Gasteiger partial charge in [0.1, 0.15) is 0 Å². The molecule has 0 bridgehead atoms. The molecule has 5 heteroatoms. The fourth-order valence-electron chi connectivity index (χ4n) is 1.67. The van der Waals surface area contributed by atoms with Gasteiger partial charge < -0.3 is 5.73 Å². The summed E-state index contributed by atoms with van der Waals surface area (Å²) in [4.78, 5) is 2.26. The Morgan fingerprint density at radius 1 is 1.62 bits per heavy atom. The first kappa shape index (κ1) is 12.7. The maximum atomic E-state index is 7.22. The van der Waals surface area contributed by atoms with Crippen molar-refractivity contribution in [3.05, 3.63) is 17.5 Å². The first-order chi connectivity index (χ1) is 7.52. The number of hydrogen-bond acceptors (Lipinski definition) is 3. The van der Waals surface area contributed by atoms with Crippen molar-refractivity contribution in [3.8, 4) is 0 Å². The molecule has 1 heterocycles. The van der Waals surface area contributed by atoms with E-state index in [1.165, 1.54) is 5.69 Å². The molecule has 1 aromatic rings. The summed E-state index contributed by atoms with van der Waals surface area (Å²) in [5.41, 5.74) is 7.60.